The minimum Gasteiger partial charge on any atom is -0.372 e. The lowest BCUT2D eigenvalue weighted by molar-refractivity contribution is -0.110. The summed E-state index contributed by atoms with van der Waals surface area (Å²) < 4.78 is 0. The summed E-state index contributed by atoms with van der Waals surface area (Å²) in [5.74, 6) is 0.0455. The smallest absolute Gasteiger partial charge is 0.256 e. The van der Waals surface area contributed by atoms with Gasteiger partial charge in [0.05, 0.1) is 5.57 Å². The van der Waals surface area contributed by atoms with Crippen molar-refractivity contribution in [3.05, 3.63) is 59.2 Å². The molecule has 25 heavy (non-hydrogen) atoms. The minimum absolute atomic E-state index is 0.0455. The van der Waals surface area contributed by atoms with E-state index in [1.165, 1.54) is 54.7 Å². The largest absolute Gasteiger partial charge is 0.372 e. The van der Waals surface area contributed by atoms with E-state index in [9.17, 15) is 4.79 Å². The summed E-state index contributed by atoms with van der Waals surface area (Å²) in [5, 5.41) is 3.01. The Morgan fingerprint density at radius 3 is 2.60 bits per heavy atom. The third kappa shape index (κ3) is 2.38. The first-order valence-corrected chi connectivity index (χ1v) is 9.33. The van der Waals surface area contributed by atoms with E-state index in [-0.39, 0.29) is 5.91 Å². The second-order valence-electron chi connectivity index (χ2n) is 7.24. The molecule has 3 aliphatic rings. The number of piperidine rings is 1. The summed E-state index contributed by atoms with van der Waals surface area (Å²) in [7, 11) is 0. The zero-order chi connectivity index (χ0) is 16.8. The van der Waals surface area contributed by atoms with Crippen molar-refractivity contribution in [2.45, 2.75) is 32.1 Å². The van der Waals surface area contributed by atoms with Crippen molar-refractivity contribution < 1.29 is 4.79 Å². The van der Waals surface area contributed by atoms with E-state index in [4.69, 9.17) is 0 Å². The lowest BCUT2D eigenvalue weighted by Gasteiger charge is -2.29. The molecule has 2 aromatic rings. The second-order valence-corrected chi connectivity index (χ2v) is 7.24. The number of anilines is 2. The molecule has 0 atom stereocenters. The van der Waals surface area contributed by atoms with Crippen molar-refractivity contribution in [3.8, 4) is 0 Å². The van der Waals surface area contributed by atoms with Crippen LogP contribution >= 0.6 is 0 Å². The maximum atomic E-state index is 12.6. The highest BCUT2D eigenvalue weighted by molar-refractivity contribution is 6.37. The number of para-hydroxylation sites is 1. The molecule has 2 aromatic carbocycles. The van der Waals surface area contributed by atoms with Crippen molar-refractivity contribution >= 4 is 28.4 Å². The molecule has 3 heteroatoms. The van der Waals surface area contributed by atoms with Crippen LogP contribution in [0.2, 0.25) is 0 Å². The Bertz CT molecular complexity index is 891. The van der Waals surface area contributed by atoms with E-state index in [0.29, 0.717) is 0 Å². The Kier molecular flexibility index (Phi) is 3.40. The van der Waals surface area contributed by atoms with Crippen LogP contribution in [0.15, 0.2) is 42.5 Å². The quantitative estimate of drug-likeness (QED) is 0.782. The van der Waals surface area contributed by atoms with Crippen LogP contribution in [0.4, 0.5) is 11.4 Å². The number of fused-ring (bicyclic) bond motifs is 2. The van der Waals surface area contributed by atoms with E-state index in [1.807, 2.05) is 18.2 Å². The number of benzene rings is 2. The average molecular weight is 330 g/mol. The number of carbonyl (C=O) groups excluding carboxylic acids is 1. The van der Waals surface area contributed by atoms with Gasteiger partial charge in [-0.25, -0.2) is 0 Å². The maximum absolute atomic E-state index is 12.6. The molecule has 2 aliphatic heterocycles. The molecule has 1 N–H and O–H groups in total. The highest BCUT2D eigenvalue weighted by atomic mass is 16.2. The van der Waals surface area contributed by atoms with Gasteiger partial charge in [-0.05, 0) is 67.0 Å². The average Bonchev–Trinajstić information content (AvgIpc) is 3.21. The summed E-state index contributed by atoms with van der Waals surface area (Å²) in [4.78, 5) is 15.1. The third-order valence-corrected chi connectivity index (χ3v) is 5.75. The van der Waals surface area contributed by atoms with Gasteiger partial charge in [0.2, 0.25) is 0 Å². The number of nitrogens with zero attached hydrogens (tertiary/aromatic N) is 1. The van der Waals surface area contributed by atoms with Crippen molar-refractivity contribution in [1.29, 1.82) is 0 Å². The fraction of sp³-hybridized carbons (Fsp3) is 0.318. The van der Waals surface area contributed by atoms with Gasteiger partial charge in [0.1, 0.15) is 0 Å². The number of aryl methyl sites for hydroxylation is 1. The van der Waals surface area contributed by atoms with E-state index >= 15 is 0 Å². The SMILES string of the molecule is O=C1Nc2ccccc2/C1=C1/CCc2cc(N3CCCCC3)ccc21. The van der Waals surface area contributed by atoms with Gasteiger partial charge in [0.15, 0.2) is 0 Å². The number of amides is 1. The molecule has 0 saturated carbocycles. The van der Waals surface area contributed by atoms with Gasteiger partial charge in [0.25, 0.3) is 5.91 Å². The number of hydrogen-bond acceptors (Lipinski definition) is 2. The molecule has 1 aliphatic carbocycles. The molecule has 1 fully saturated rings. The van der Waals surface area contributed by atoms with Gasteiger partial charge in [-0.3, -0.25) is 4.79 Å². The summed E-state index contributed by atoms with van der Waals surface area (Å²) >= 11 is 0. The Morgan fingerprint density at radius 1 is 0.880 bits per heavy atom. The maximum Gasteiger partial charge on any atom is 0.256 e. The molecule has 0 unspecified atom stereocenters. The molecular weight excluding hydrogens is 308 g/mol. The van der Waals surface area contributed by atoms with Crippen LogP contribution in [-0.2, 0) is 11.2 Å². The normalized spacial score (nSPS) is 21.9. The molecule has 2 heterocycles. The lowest BCUT2D eigenvalue weighted by atomic mass is 9.96. The first-order chi connectivity index (χ1) is 12.3. The van der Waals surface area contributed by atoms with Crippen molar-refractivity contribution in [2.24, 2.45) is 0 Å². The molecule has 0 bridgehead atoms. The summed E-state index contributed by atoms with van der Waals surface area (Å²) in [6, 6.07) is 14.9. The fourth-order valence-electron chi connectivity index (χ4n) is 4.50. The van der Waals surface area contributed by atoms with Gasteiger partial charge < -0.3 is 10.2 Å². The lowest BCUT2D eigenvalue weighted by Crippen LogP contribution is -2.29. The van der Waals surface area contributed by atoms with Gasteiger partial charge in [-0.2, -0.15) is 0 Å². The zero-order valence-electron chi connectivity index (χ0n) is 14.3. The first-order valence-electron chi connectivity index (χ1n) is 9.33. The Labute approximate surface area is 148 Å². The number of carbonyl (C=O) groups is 1. The van der Waals surface area contributed by atoms with Crippen molar-refractivity contribution in [1.82, 2.24) is 0 Å². The number of rotatable bonds is 1. The van der Waals surface area contributed by atoms with Gasteiger partial charge in [-0.1, -0.05) is 24.3 Å². The molecule has 0 radical (unpaired) electrons. The number of hydrogen-bond donors (Lipinski definition) is 1. The molecular formula is C22H22N2O. The molecule has 1 amide bonds. The predicted molar refractivity (Wildman–Crippen MR) is 103 cm³/mol. The Hall–Kier alpha value is -2.55. The third-order valence-electron chi connectivity index (χ3n) is 5.75. The van der Waals surface area contributed by atoms with E-state index in [1.54, 1.807) is 0 Å². The van der Waals surface area contributed by atoms with Crippen LogP contribution in [0.1, 0.15) is 42.4 Å². The highest BCUT2D eigenvalue weighted by Crippen LogP contribution is 2.43. The molecule has 3 nitrogen and oxygen atoms in total. The van der Waals surface area contributed by atoms with E-state index in [0.717, 1.165) is 29.7 Å². The highest BCUT2D eigenvalue weighted by Gasteiger charge is 2.30. The second kappa shape index (κ2) is 5.76. The first kappa shape index (κ1) is 14.8. The molecule has 1 saturated heterocycles. The van der Waals surface area contributed by atoms with Gasteiger partial charge in [0, 0.05) is 30.0 Å². The van der Waals surface area contributed by atoms with Crippen LogP contribution in [0, 0.1) is 0 Å². The zero-order valence-corrected chi connectivity index (χ0v) is 14.3. The van der Waals surface area contributed by atoms with Crippen molar-refractivity contribution in [2.75, 3.05) is 23.3 Å². The van der Waals surface area contributed by atoms with Crippen molar-refractivity contribution in [3.63, 3.8) is 0 Å². The van der Waals surface area contributed by atoms with Crippen LogP contribution in [-0.4, -0.2) is 19.0 Å². The molecule has 0 aromatic heterocycles. The minimum atomic E-state index is 0.0455. The Morgan fingerprint density at radius 2 is 1.72 bits per heavy atom. The topological polar surface area (TPSA) is 32.3 Å². The molecule has 0 spiro atoms. The molecule has 5 rings (SSSR count). The van der Waals surface area contributed by atoms with Gasteiger partial charge in [-0.15, -0.1) is 0 Å². The van der Waals surface area contributed by atoms with Crippen LogP contribution < -0.4 is 10.2 Å². The monoisotopic (exact) mass is 330 g/mol. The fourth-order valence-corrected chi connectivity index (χ4v) is 4.50. The predicted octanol–water partition coefficient (Wildman–Crippen LogP) is 4.49. The van der Waals surface area contributed by atoms with Crippen LogP contribution in [0.5, 0.6) is 0 Å². The summed E-state index contributed by atoms with van der Waals surface area (Å²) in [6.45, 7) is 2.34. The summed E-state index contributed by atoms with van der Waals surface area (Å²) in [6.07, 6.45) is 5.93. The van der Waals surface area contributed by atoms with E-state index in [2.05, 4.69) is 34.5 Å². The number of allylic oxidation sites excluding steroid dienone is 1. The standard InChI is InChI=1S/C22H22N2O/c25-22-21(19-6-2-3-7-20(19)23-22)18-10-8-15-14-16(9-11-17(15)18)24-12-4-1-5-13-24/h2-3,6-7,9,11,14H,1,4-5,8,10,12-13H2,(H,23,25)/b21-18+. The van der Waals surface area contributed by atoms with Crippen LogP contribution in [0.25, 0.3) is 11.1 Å². The molecule has 126 valence electrons. The van der Waals surface area contributed by atoms with Crippen LogP contribution in [0.3, 0.4) is 0 Å². The van der Waals surface area contributed by atoms with E-state index < -0.39 is 0 Å². The van der Waals surface area contributed by atoms with Gasteiger partial charge >= 0.3 is 0 Å². The Balaban J connectivity index is 1.57. The summed E-state index contributed by atoms with van der Waals surface area (Å²) in [5.41, 5.74) is 8.08. The number of nitrogens with one attached hydrogen (secondary N) is 1.